The Labute approximate surface area is 99.6 Å². The average Bonchev–Trinajstić information content (AvgIpc) is 2.82. The van der Waals surface area contributed by atoms with Crippen LogP contribution in [0.1, 0.15) is 5.56 Å². The highest BCUT2D eigenvalue weighted by molar-refractivity contribution is 8.14. The Morgan fingerprint density at radius 3 is 2.81 bits per heavy atom. The Kier molecular flexibility index (Phi) is 2.66. The van der Waals surface area contributed by atoms with E-state index >= 15 is 0 Å². The van der Waals surface area contributed by atoms with Crippen molar-refractivity contribution < 1.29 is 0 Å². The van der Waals surface area contributed by atoms with Gasteiger partial charge in [0.2, 0.25) is 0 Å². The van der Waals surface area contributed by atoms with E-state index in [4.69, 9.17) is 0 Å². The van der Waals surface area contributed by atoms with Gasteiger partial charge in [-0.3, -0.25) is 4.99 Å². The summed E-state index contributed by atoms with van der Waals surface area (Å²) < 4.78 is 0. The van der Waals surface area contributed by atoms with Crippen LogP contribution in [0, 0.1) is 0 Å². The molecule has 0 aromatic heterocycles. The predicted octanol–water partition coefficient (Wildman–Crippen LogP) is 3.53. The molecule has 1 aliphatic rings. The molecule has 2 heteroatoms. The zero-order chi connectivity index (χ0) is 10.8. The molecule has 0 fully saturated rings. The molecule has 0 aliphatic carbocycles. The summed E-state index contributed by atoms with van der Waals surface area (Å²) >= 11 is 1.90. The van der Waals surface area contributed by atoms with Crippen molar-refractivity contribution in [3.05, 3.63) is 48.0 Å². The third-order valence-electron chi connectivity index (χ3n) is 2.87. The van der Waals surface area contributed by atoms with Gasteiger partial charge in [-0.25, -0.2) is 0 Å². The van der Waals surface area contributed by atoms with Crippen LogP contribution in [0.3, 0.4) is 0 Å². The van der Waals surface area contributed by atoms with Crippen molar-refractivity contribution in [1.29, 1.82) is 0 Å². The van der Waals surface area contributed by atoms with E-state index in [0.717, 1.165) is 18.7 Å². The van der Waals surface area contributed by atoms with Crippen LogP contribution in [0.5, 0.6) is 0 Å². The van der Waals surface area contributed by atoms with Gasteiger partial charge >= 0.3 is 0 Å². The first-order chi connectivity index (χ1) is 7.93. The first kappa shape index (κ1) is 9.91. The number of nitrogens with zero attached hydrogens (tertiary/aromatic N) is 1. The van der Waals surface area contributed by atoms with Crippen molar-refractivity contribution in [2.75, 3.05) is 12.3 Å². The Morgan fingerprint density at radius 1 is 1.06 bits per heavy atom. The summed E-state index contributed by atoms with van der Waals surface area (Å²) in [7, 11) is 0. The van der Waals surface area contributed by atoms with Crippen LogP contribution < -0.4 is 0 Å². The summed E-state index contributed by atoms with van der Waals surface area (Å²) in [5.41, 5.74) is 1.39. The molecule has 0 spiro atoms. The van der Waals surface area contributed by atoms with Gasteiger partial charge in [0.05, 0.1) is 5.04 Å². The van der Waals surface area contributed by atoms with Gasteiger partial charge in [0, 0.05) is 18.7 Å². The molecule has 0 unspecified atom stereocenters. The lowest BCUT2D eigenvalue weighted by Gasteiger charge is -2.05. The normalized spacial score (nSPS) is 15.4. The van der Waals surface area contributed by atoms with E-state index < -0.39 is 0 Å². The number of aliphatic imine (C=N–C) groups is 1. The monoisotopic (exact) mass is 227 g/mol. The van der Waals surface area contributed by atoms with Gasteiger partial charge in [0.25, 0.3) is 0 Å². The SMILES string of the molecule is c1ccc2c(CC3=NCCS3)cccc2c1. The third kappa shape index (κ3) is 1.85. The van der Waals surface area contributed by atoms with Crippen molar-refractivity contribution in [2.45, 2.75) is 6.42 Å². The minimum atomic E-state index is 0.991. The topological polar surface area (TPSA) is 12.4 Å². The van der Waals surface area contributed by atoms with Gasteiger partial charge in [-0.2, -0.15) is 0 Å². The Balaban J connectivity index is 2.02. The Hall–Kier alpha value is -1.28. The van der Waals surface area contributed by atoms with Gasteiger partial charge in [-0.1, -0.05) is 42.5 Å². The predicted molar refractivity (Wildman–Crippen MR) is 72.4 cm³/mol. The summed E-state index contributed by atoms with van der Waals surface area (Å²) in [5, 5.41) is 3.97. The molecule has 80 valence electrons. The molecule has 1 nitrogen and oxygen atoms in total. The lowest BCUT2D eigenvalue weighted by Crippen LogP contribution is -1.95. The van der Waals surface area contributed by atoms with Crippen molar-refractivity contribution >= 4 is 27.6 Å². The smallest absolute Gasteiger partial charge is 0.0721 e. The summed E-state index contributed by atoms with van der Waals surface area (Å²) in [6.07, 6.45) is 0.992. The molecule has 0 N–H and O–H groups in total. The first-order valence-electron chi connectivity index (χ1n) is 5.56. The molecule has 2 aromatic rings. The van der Waals surface area contributed by atoms with E-state index in [1.165, 1.54) is 21.4 Å². The first-order valence-corrected chi connectivity index (χ1v) is 6.55. The number of hydrogen-bond acceptors (Lipinski definition) is 2. The number of rotatable bonds is 2. The molecule has 16 heavy (non-hydrogen) atoms. The van der Waals surface area contributed by atoms with E-state index in [2.05, 4.69) is 47.5 Å². The molecule has 1 heterocycles. The summed E-state index contributed by atoms with van der Waals surface area (Å²) in [5.74, 6) is 1.15. The van der Waals surface area contributed by atoms with Crippen LogP contribution in [0.25, 0.3) is 10.8 Å². The van der Waals surface area contributed by atoms with Crippen molar-refractivity contribution in [3.63, 3.8) is 0 Å². The van der Waals surface area contributed by atoms with Gasteiger partial charge in [0.1, 0.15) is 0 Å². The van der Waals surface area contributed by atoms with Crippen molar-refractivity contribution in [2.24, 2.45) is 4.99 Å². The molecule has 2 aromatic carbocycles. The van der Waals surface area contributed by atoms with Crippen molar-refractivity contribution in [1.82, 2.24) is 0 Å². The van der Waals surface area contributed by atoms with E-state index in [1.807, 2.05) is 11.8 Å². The standard InChI is InChI=1S/C14H13NS/c1-2-7-13-11(4-1)5-3-6-12(13)10-14-15-8-9-16-14/h1-7H,8-10H2. The maximum absolute atomic E-state index is 4.52. The Bertz CT molecular complexity index is 540. The number of thioether (sulfide) groups is 1. The molecule has 0 amide bonds. The third-order valence-corrected chi connectivity index (χ3v) is 3.86. The van der Waals surface area contributed by atoms with Crippen LogP contribution in [0.4, 0.5) is 0 Å². The Morgan fingerprint density at radius 2 is 1.94 bits per heavy atom. The maximum atomic E-state index is 4.52. The quantitative estimate of drug-likeness (QED) is 0.764. The zero-order valence-corrected chi connectivity index (χ0v) is 9.83. The molecule has 0 saturated carbocycles. The highest BCUT2D eigenvalue weighted by Gasteiger charge is 2.09. The second-order valence-corrected chi connectivity index (χ2v) is 5.11. The fraction of sp³-hybridized carbons (Fsp3) is 0.214. The number of benzene rings is 2. The molecule has 1 aliphatic heterocycles. The van der Waals surface area contributed by atoms with Crippen LogP contribution in [-0.4, -0.2) is 17.3 Å². The van der Waals surface area contributed by atoms with Gasteiger partial charge in [-0.05, 0) is 16.3 Å². The average molecular weight is 227 g/mol. The van der Waals surface area contributed by atoms with E-state index in [0.29, 0.717) is 0 Å². The molecule has 0 saturated heterocycles. The lowest BCUT2D eigenvalue weighted by molar-refractivity contribution is 1.16. The second-order valence-electron chi connectivity index (χ2n) is 3.94. The molecule has 0 atom stereocenters. The van der Waals surface area contributed by atoms with Crippen LogP contribution in [0.15, 0.2) is 47.5 Å². The minimum absolute atomic E-state index is 0.991. The molecular weight excluding hydrogens is 214 g/mol. The van der Waals surface area contributed by atoms with Crippen LogP contribution in [0.2, 0.25) is 0 Å². The fourth-order valence-corrected chi connectivity index (χ4v) is 2.95. The molecular formula is C14H13NS. The highest BCUT2D eigenvalue weighted by Crippen LogP contribution is 2.22. The fourth-order valence-electron chi connectivity index (χ4n) is 2.10. The summed E-state index contributed by atoms with van der Waals surface area (Å²) in [4.78, 5) is 4.52. The number of fused-ring (bicyclic) bond motifs is 1. The highest BCUT2D eigenvalue weighted by atomic mass is 32.2. The summed E-state index contributed by atoms with van der Waals surface area (Å²) in [6.45, 7) is 0.991. The molecule has 0 radical (unpaired) electrons. The summed E-state index contributed by atoms with van der Waals surface area (Å²) in [6, 6.07) is 15.1. The van der Waals surface area contributed by atoms with E-state index in [9.17, 15) is 0 Å². The maximum Gasteiger partial charge on any atom is 0.0721 e. The zero-order valence-electron chi connectivity index (χ0n) is 9.02. The lowest BCUT2D eigenvalue weighted by atomic mass is 10.0. The van der Waals surface area contributed by atoms with Crippen LogP contribution >= 0.6 is 11.8 Å². The molecule has 3 rings (SSSR count). The largest absolute Gasteiger partial charge is 0.282 e. The van der Waals surface area contributed by atoms with Gasteiger partial charge in [0.15, 0.2) is 0 Å². The van der Waals surface area contributed by atoms with Crippen molar-refractivity contribution in [3.8, 4) is 0 Å². The number of hydrogen-bond donors (Lipinski definition) is 0. The van der Waals surface area contributed by atoms with Gasteiger partial charge < -0.3 is 0 Å². The van der Waals surface area contributed by atoms with Crippen LogP contribution in [-0.2, 0) is 6.42 Å². The second kappa shape index (κ2) is 4.30. The van der Waals surface area contributed by atoms with Gasteiger partial charge in [-0.15, -0.1) is 11.8 Å². The minimum Gasteiger partial charge on any atom is -0.282 e. The van der Waals surface area contributed by atoms with E-state index in [-0.39, 0.29) is 0 Å². The molecule has 0 bridgehead atoms. The van der Waals surface area contributed by atoms with E-state index in [1.54, 1.807) is 0 Å².